The number of hydrogen-bond acceptors (Lipinski definition) is 2. The van der Waals surface area contributed by atoms with Crippen molar-refractivity contribution in [2.45, 2.75) is 58.0 Å². The van der Waals surface area contributed by atoms with Crippen molar-refractivity contribution in [1.82, 2.24) is 0 Å². The van der Waals surface area contributed by atoms with E-state index in [0.29, 0.717) is 17.6 Å². The van der Waals surface area contributed by atoms with Crippen LogP contribution in [-0.2, 0) is 9.53 Å². The third-order valence-electron chi connectivity index (χ3n) is 3.91. The van der Waals surface area contributed by atoms with Crippen LogP contribution in [0.4, 0.5) is 0 Å². The second kappa shape index (κ2) is 5.11. The van der Waals surface area contributed by atoms with Gasteiger partial charge in [-0.25, -0.2) is 0 Å². The largest absolute Gasteiger partial charge is 0.370 e. The highest BCUT2D eigenvalue weighted by atomic mass is 16.5. The molecular formula is C13H22O2. The van der Waals surface area contributed by atoms with E-state index in [9.17, 15) is 4.79 Å². The number of Topliss-reactive ketones (excluding diaryl/α,β-unsaturated/α-hetero) is 1. The van der Waals surface area contributed by atoms with Crippen molar-refractivity contribution in [2.24, 2.45) is 11.8 Å². The normalized spacial score (nSPS) is 32.7. The van der Waals surface area contributed by atoms with Crippen LogP contribution in [0.1, 0.15) is 51.9 Å². The van der Waals surface area contributed by atoms with E-state index in [1.807, 2.05) is 0 Å². The van der Waals surface area contributed by atoms with Gasteiger partial charge in [0, 0.05) is 12.5 Å². The third-order valence-corrected chi connectivity index (χ3v) is 3.91. The smallest absolute Gasteiger partial charge is 0.164 e. The molecule has 0 bridgehead atoms. The van der Waals surface area contributed by atoms with E-state index in [1.165, 1.54) is 25.7 Å². The summed E-state index contributed by atoms with van der Waals surface area (Å²) in [6.07, 6.45) is 8.21. The molecule has 2 unspecified atom stereocenters. The van der Waals surface area contributed by atoms with E-state index in [2.05, 4.69) is 6.92 Å². The lowest BCUT2D eigenvalue weighted by atomic mass is 9.89. The van der Waals surface area contributed by atoms with Crippen LogP contribution < -0.4 is 0 Å². The molecule has 15 heavy (non-hydrogen) atoms. The first-order chi connectivity index (χ1) is 7.33. The fourth-order valence-corrected chi connectivity index (χ4v) is 3.11. The van der Waals surface area contributed by atoms with Gasteiger partial charge in [-0.2, -0.15) is 0 Å². The van der Waals surface area contributed by atoms with E-state index < -0.39 is 0 Å². The second-order valence-electron chi connectivity index (χ2n) is 4.99. The molecule has 2 saturated carbocycles. The van der Waals surface area contributed by atoms with Crippen LogP contribution in [0.5, 0.6) is 0 Å². The predicted octanol–water partition coefficient (Wildman–Crippen LogP) is 2.95. The number of rotatable bonds is 4. The van der Waals surface area contributed by atoms with Gasteiger partial charge in [-0.1, -0.05) is 19.8 Å². The fraction of sp³-hybridized carbons (Fsp3) is 0.923. The van der Waals surface area contributed by atoms with Crippen LogP contribution in [0.15, 0.2) is 0 Å². The molecule has 0 aromatic carbocycles. The number of ether oxygens (including phenoxy) is 1. The van der Waals surface area contributed by atoms with Crippen LogP contribution in [-0.4, -0.2) is 18.5 Å². The van der Waals surface area contributed by atoms with Crippen molar-refractivity contribution < 1.29 is 9.53 Å². The maximum Gasteiger partial charge on any atom is 0.164 e. The zero-order valence-corrected chi connectivity index (χ0v) is 9.71. The van der Waals surface area contributed by atoms with E-state index in [0.717, 1.165) is 25.9 Å². The SMILES string of the molecule is CCCOC1CCC(C2CCCC2)C1=O. The van der Waals surface area contributed by atoms with E-state index in [-0.39, 0.29) is 6.10 Å². The van der Waals surface area contributed by atoms with Gasteiger partial charge in [0.1, 0.15) is 6.10 Å². The molecule has 0 N–H and O–H groups in total. The average molecular weight is 210 g/mol. The van der Waals surface area contributed by atoms with Crippen LogP contribution in [0.3, 0.4) is 0 Å². The summed E-state index contributed by atoms with van der Waals surface area (Å²) in [4.78, 5) is 12.1. The molecule has 0 saturated heterocycles. The Kier molecular flexibility index (Phi) is 3.79. The molecule has 0 aliphatic heterocycles. The van der Waals surface area contributed by atoms with Crippen molar-refractivity contribution in [1.29, 1.82) is 0 Å². The van der Waals surface area contributed by atoms with E-state index in [1.54, 1.807) is 0 Å². The molecule has 0 aromatic rings. The van der Waals surface area contributed by atoms with Gasteiger partial charge >= 0.3 is 0 Å². The number of ketones is 1. The second-order valence-corrected chi connectivity index (χ2v) is 4.99. The Balaban J connectivity index is 1.85. The Morgan fingerprint density at radius 1 is 1.20 bits per heavy atom. The molecule has 0 amide bonds. The molecule has 2 fully saturated rings. The van der Waals surface area contributed by atoms with Crippen LogP contribution in [0.2, 0.25) is 0 Å². The molecule has 86 valence electrons. The minimum Gasteiger partial charge on any atom is -0.370 e. The van der Waals surface area contributed by atoms with Crippen molar-refractivity contribution in [3.05, 3.63) is 0 Å². The maximum atomic E-state index is 12.1. The van der Waals surface area contributed by atoms with Gasteiger partial charge in [-0.3, -0.25) is 4.79 Å². The van der Waals surface area contributed by atoms with E-state index in [4.69, 9.17) is 4.74 Å². The van der Waals surface area contributed by atoms with E-state index >= 15 is 0 Å². The molecule has 0 heterocycles. The zero-order chi connectivity index (χ0) is 10.7. The minimum atomic E-state index is -0.0597. The first-order valence-corrected chi connectivity index (χ1v) is 6.48. The lowest BCUT2D eigenvalue weighted by Gasteiger charge is -2.16. The van der Waals surface area contributed by atoms with Crippen LogP contribution in [0, 0.1) is 11.8 Å². The molecule has 0 spiro atoms. The molecule has 2 aliphatic carbocycles. The molecule has 2 nitrogen and oxygen atoms in total. The average Bonchev–Trinajstić information content (AvgIpc) is 2.84. The summed E-state index contributed by atoms with van der Waals surface area (Å²) in [7, 11) is 0. The summed E-state index contributed by atoms with van der Waals surface area (Å²) < 4.78 is 5.60. The summed E-state index contributed by atoms with van der Waals surface area (Å²) >= 11 is 0. The van der Waals surface area contributed by atoms with Crippen molar-refractivity contribution in [2.75, 3.05) is 6.61 Å². The highest BCUT2D eigenvalue weighted by Gasteiger charge is 2.39. The molecule has 2 heteroatoms. The molecule has 0 radical (unpaired) electrons. The molecule has 2 rings (SSSR count). The fourth-order valence-electron chi connectivity index (χ4n) is 3.11. The van der Waals surface area contributed by atoms with Crippen molar-refractivity contribution in [3.8, 4) is 0 Å². The molecule has 2 atom stereocenters. The Morgan fingerprint density at radius 2 is 1.93 bits per heavy atom. The first kappa shape index (κ1) is 11.1. The van der Waals surface area contributed by atoms with Gasteiger partial charge in [-0.05, 0) is 38.0 Å². The maximum absolute atomic E-state index is 12.1. The van der Waals surface area contributed by atoms with Gasteiger partial charge in [0.2, 0.25) is 0 Å². The number of carbonyl (C=O) groups is 1. The van der Waals surface area contributed by atoms with Crippen LogP contribution >= 0.6 is 0 Å². The third kappa shape index (κ3) is 2.41. The standard InChI is InChI=1S/C13H22O2/c1-2-9-15-12-8-7-11(13(12)14)10-5-3-4-6-10/h10-12H,2-9H2,1H3. The van der Waals surface area contributed by atoms with Crippen molar-refractivity contribution >= 4 is 5.78 Å². The zero-order valence-electron chi connectivity index (χ0n) is 9.71. The topological polar surface area (TPSA) is 26.3 Å². The number of carbonyl (C=O) groups excluding carboxylic acids is 1. The quantitative estimate of drug-likeness (QED) is 0.713. The Hall–Kier alpha value is -0.370. The highest BCUT2D eigenvalue weighted by molar-refractivity contribution is 5.87. The van der Waals surface area contributed by atoms with Gasteiger partial charge in [0.25, 0.3) is 0 Å². The number of hydrogen-bond donors (Lipinski definition) is 0. The monoisotopic (exact) mass is 210 g/mol. The summed E-state index contributed by atoms with van der Waals surface area (Å²) in [5, 5.41) is 0. The van der Waals surface area contributed by atoms with Gasteiger partial charge < -0.3 is 4.74 Å². The Morgan fingerprint density at radius 3 is 2.60 bits per heavy atom. The Labute approximate surface area is 92.4 Å². The lowest BCUT2D eigenvalue weighted by molar-refractivity contribution is -0.131. The minimum absolute atomic E-state index is 0.0597. The van der Waals surface area contributed by atoms with Gasteiger partial charge in [0.05, 0.1) is 0 Å². The predicted molar refractivity (Wildman–Crippen MR) is 59.7 cm³/mol. The molecule has 0 aromatic heterocycles. The highest BCUT2D eigenvalue weighted by Crippen LogP contribution is 2.39. The van der Waals surface area contributed by atoms with Crippen molar-refractivity contribution in [3.63, 3.8) is 0 Å². The first-order valence-electron chi connectivity index (χ1n) is 6.48. The summed E-state index contributed by atoms with van der Waals surface area (Å²) in [5.74, 6) is 1.44. The lowest BCUT2D eigenvalue weighted by Crippen LogP contribution is -2.25. The molecular weight excluding hydrogens is 188 g/mol. The molecule has 2 aliphatic rings. The Bertz CT molecular complexity index is 219. The van der Waals surface area contributed by atoms with Gasteiger partial charge in [0.15, 0.2) is 5.78 Å². The van der Waals surface area contributed by atoms with Gasteiger partial charge in [-0.15, -0.1) is 0 Å². The summed E-state index contributed by atoms with van der Waals surface area (Å²) in [5.41, 5.74) is 0. The van der Waals surface area contributed by atoms with Crippen LogP contribution in [0.25, 0.3) is 0 Å². The summed E-state index contributed by atoms with van der Waals surface area (Å²) in [6, 6.07) is 0. The summed E-state index contributed by atoms with van der Waals surface area (Å²) in [6.45, 7) is 2.83.